The molecule has 3 aromatic heterocycles. The van der Waals surface area contributed by atoms with E-state index >= 15 is 0 Å². The van der Waals surface area contributed by atoms with Gasteiger partial charge in [-0.2, -0.15) is 0 Å². The van der Waals surface area contributed by atoms with Gasteiger partial charge in [-0.15, -0.1) is 0 Å². The molecule has 2 aliphatic rings. The van der Waals surface area contributed by atoms with Crippen molar-refractivity contribution in [2.45, 2.75) is 19.0 Å². The number of nitrogens with zero attached hydrogens (tertiary/aromatic N) is 3. The standard InChI is InChI=1S/C51H34N4O2/c1-3-15-31(16-4-1)49-52-50(32-17-5-2-6-18-32)54-51(53-49)40-26-14-30-44-45(40)39-25-12-23-36(47(39)56-44)35-21-11-22-37-38-24-13-29-43(48(38)57-46(35)37)55-41-27-9-7-19-33(41)34-20-8-10-28-42(34)55/h1-9,11-27,29-30,51H,10,28H2,(H,52,53,54). The molecule has 1 aliphatic carbocycles. The number of para-hydroxylation sites is 4. The van der Waals surface area contributed by atoms with Crippen molar-refractivity contribution in [2.24, 2.45) is 9.98 Å². The summed E-state index contributed by atoms with van der Waals surface area (Å²) >= 11 is 0. The molecule has 12 rings (SSSR count). The second kappa shape index (κ2) is 12.5. The zero-order valence-corrected chi connectivity index (χ0v) is 30.8. The summed E-state index contributed by atoms with van der Waals surface area (Å²) in [5.41, 5.74) is 13.2. The molecule has 0 fully saturated rings. The predicted molar refractivity (Wildman–Crippen MR) is 232 cm³/mol. The van der Waals surface area contributed by atoms with Crippen LogP contribution >= 0.6 is 0 Å². The number of benzene rings is 7. The average molecular weight is 735 g/mol. The van der Waals surface area contributed by atoms with Crippen LogP contribution in [0.25, 0.3) is 77.7 Å². The van der Waals surface area contributed by atoms with E-state index in [2.05, 4.69) is 131 Å². The fraction of sp³-hybridized carbons (Fsp3) is 0.0588. The van der Waals surface area contributed by atoms with E-state index in [-0.39, 0.29) is 0 Å². The molecule has 7 aromatic carbocycles. The van der Waals surface area contributed by atoms with Gasteiger partial charge in [-0.05, 0) is 31.0 Å². The summed E-state index contributed by atoms with van der Waals surface area (Å²) in [6.45, 7) is 0. The molecule has 6 heteroatoms. The molecule has 1 unspecified atom stereocenters. The van der Waals surface area contributed by atoms with E-state index in [9.17, 15) is 0 Å². The Bertz CT molecular complexity index is 3330. The Balaban J connectivity index is 1.03. The summed E-state index contributed by atoms with van der Waals surface area (Å²) in [6.07, 6.45) is 6.17. The summed E-state index contributed by atoms with van der Waals surface area (Å²) in [5, 5.41) is 9.14. The van der Waals surface area contributed by atoms with Crippen LogP contribution in [0.15, 0.2) is 183 Å². The number of allylic oxidation sites excluding steroid dienone is 1. The van der Waals surface area contributed by atoms with E-state index in [0.717, 1.165) is 96.1 Å². The van der Waals surface area contributed by atoms with Crippen LogP contribution in [0.4, 0.5) is 0 Å². The molecular weight excluding hydrogens is 701 g/mol. The summed E-state index contributed by atoms with van der Waals surface area (Å²) in [7, 11) is 0. The van der Waals surface area contributed by atoms with Crippen molar-refractivity contribution in [1.29, 1.82) is 0 Å². The molecule has 0 radical (unpaired) electrons. The van der Waals surface area contributed by atoms with Gasteiger partial charge >= 0.3 is 0 Å². The molecule has 6 nitrogen and oxygen atoms in total. The van der Waals surface area contributed by atoms with Crippen molar-refractivity contribution in [3.05, 3.63) is 192 Å². The molecule has 270 valence electrons. The third-order valence-corrected chi connectivity index (χ3v) is 11.6. The Kier molecular flexibility index (Phi) is 7.01. The first kappa shape index (κ1) is 31.9. The first-order valence-corrected chi connectivity index (χ1v) is 19.5. The smallest absolute Gasteiger partial charge is 0.159 e. The Hall–Kier alpha value is -7.44. The van der Waals surface area contributed by atoms with Crippen LogP contribution in [-0.4, -0.2) is 16.2 Å². The molecule has 0 bridgehead atoms. The van der Waals surface area contributed by atoms with E-state index in [1.807, 2.05) is 48.5 Å². The van der Waals surface area contributed by atoms with Crippen LogP contribution in [0.5, 0.6) is 0 Å². The van der Waals surface area contributed by atoms with Crippen LogP contribution in [0.2, 0.25) is 0 Å². The van der Waals surface area contributed by atoms with Crippen molar-refractivity contribution in [3.63, 3.8) is 0 Å². The van der Waals surface area contributed by atoms with Gasteiger partial charge in [0.2, 0.25) is 0 Å². The van der Waals surface area contributed by atoms with Gasteiger partial charge in [0.05, 0.1) is 11.2 Å². The van der Waals surface area contributed by atoms with Crippen molar-refractivity contribution in [2.75, 3.05) is 0 Å². The Labute approximate surface area is 327 Å². The number of nitrogens with one attached hydrogen (secondary N) is 1. The number of hydrogen-bond donors (Lipinski definition) is 1. The van der Waals surface area contributed by atoms with Crippen molar-refractivity contribution >= 4 is 72.5 Å². The molecule has 10 aromatic rings. The lowest BCUT2D eigenvalue weighted by Gasteiger charge is -2.24. The fourth-order valence-corrected chi connectivity index (χ4v) is 9.02. The zero-order chi connectivity index (χ0) is 37.5. The molecule has 0 amide bonds. The molecule has 1 N–H and O–H groups in total. The van der Waals surface area contributed by atoms with Crippen LogP contribution in [0, 0.1) is 0 Å². The lowest BCUT2D eigenvalue weighted by molar-refractivity contribution is 0.660. The number of hydrogen-bond acceptors (Lipinski definition) is 5. The highest BCUT2D eigenvalue weighted by atomic mass is 16.3. The molecule has 57 heavy (non-hydrogen) atoms. The number of rotatable bonds is 5. The molecule has 0 saturated carbocycles. The van der Waals surface area contributed by atoms with Gasteiger partial charge in [0, 0.05) is 66.0 Å². The van der Waals surface area contributed by atoms with E-state index in [0.29, 0.717) is 5.84 Å². The quantitative estimate of drug-likeness (QED) is 0.191. The number of amidine groups is 2. The van der Waals surface area contributed by atoms with E-state index < -0.39 is 6.17 Å². The normalized spacial score (nSPS) is 15.3. The Morgan fingerprint density at radius 1 is 0.579 bits per heavy atom. The lowest BCUT2D eigenvalue weighted by Crippen LogP contribution is -2.33. The van der Waals surface area contributed by atoms with Crippen molar-refractivity contribution in [3.8, 4) is 16.8 Å². The number of furan rings is 2. The van der Waals surface area contributed by atoms with Crippen molar-refractivity contribution < 1.29 is 8.83 Å². The minimum absolute atomic E-state index is 0.399. The Morgan fingerprint density at radius 3 is 2.07 bits per heavy atom. The van der Waals surface area contributed by atoms with E-state index in [1.54, 1.807) is 0 Å². The SMILES string of the molecule is C1=Cc2c(n(-c3cccc4c3oc3c(-c5cccc6c5oc5cccc(C7N=C(c8ccccc8)N=C(c8ccccc8)N7)c56)cccc34)c3ccccc23)CC1. The van der Waals surface area contributed by atoms with Crippen LogP contribution in [0.1, 0.15) is 40.5 Å². The highest BCUT2D eigenvalue weighted by molar-refractivity contribution is 6.17. The van der Waals surface area contributed by atoms with Gasteiger partial charge in [0.25, 0.3) is 0 Å². The summed E-state index contributed by atoms with van der Waals surface area (Å²) in [6, 6.07) is 54.7. The third-order valence-electron chi connectivity index (χ3n) is 11.6. The monoisotopic (exact) mass is 734 g/mol. The summed E-state index contributed by atoms with van der Waals surface area (Å²) < 4.78 is 16.3. The summed E-state index contributed by atoms with van der Waals surface area (Å²) in [4.78, 5) is 10.2. The maximum atomic E-state index is 7.06. The van der Waals surface area contributed by atoms with Crippen LogP contribution in [-0.2, 0) is 6.42 Å². The molecule has 0 spiro atoms. The topological polar surface area (TPSA) is 68.0 Å². The highest BCUT2D eigenvalue weighted by Gasteiger charge is 2.27. The molecule has 0 saturated heterocycles. The average Bonchev–Trinajstić information content (AvgIpc) is 3.97. The lowest BCUT2D eigenvalue weighted by atomic mass is 9.98. The maximum absolute atomic E-state index is 7.06. The zero-order valence-electron chi connectivity index (χ0n) is 30.8. The first-order valence-electron chi connectivity index (χ1n) is 19.5. The van der Waals surface area contributed by atoms with Gasteiger partial charge in [-0.25, -0.2) is 9.98 Å². The van der Waals surface area contributed by atoms with E-state index in [4.69, 9.17) is 18.8 Å². The summed E-state index contributed by atoms with van der Waals surface area (Å²) in [5.74, 6) is 1.46. The number of aromatic nitrogens is 1. The minimum atomic E-state index is -0.399. The fourth-order valence-electron chi connectivity index (χ4n) is 9.02. The van der Waals surface area contributed by atoms with Crippen LogP contribution in [0.3, 0.4) is 0 Å². The number of aliphatic imine (C=N–C) groups is 2. The first-order chi connectivity index (χ1) is 28.3. The minimum Gasteiger partial charge on any atom is -0.455 e. The molecule has 1 atom stereocenters. The molecule has 1 aliphatic heterocycles. The second-order valence-electron chi connectivity index (χ2n) is 14.8. The van der Waals surface area contributed by atoms with Crippen LogP contribution < -0.4 is 5.32 Å². The van der Waals surface area contributed by atoms with Gasteiger partial charge in [-0.3, -0.25) is 0 Å². The largest absolute Gasteiger partial charge is 0.455 e. The second-order valence-corrected chi connectivity index (χ2v) is 14.8. The number of fused-ring (bicyclic) bond motifs is 9. The van der Waals surface area contributed by atoms with Gasteiger partial charge in [-0.1, -0.05) is 152 Å². The third kappa shape index (κ3) is 4.90. The van der Waals surface area contributed by atoms with E-state index in [1.165, 1.54) is 22.2 Å². The van der Waals surface area contributed by atoms with Crippen molar-refractivity contribution in [1.82, 2.24) is 9.88 Å². The van der Waals surface area contributed by atoms with Gasteiger partial charge < -0.3 is 18.7 Å². The highest BCUT2D eigenvalue weighted by Crippen LogP contribution is 2.44. The predicted octanol–water partition coefficient (Wildman–Crippen LogP) is 12.6. The molecular formula is C51H34N4O2. The van der Waals surface area contributed by atoms with Gasteiger partial charge in [0.1, 0.15) is 28.8 Å². The maximum Gasteiger partial charge on any atom is 0.159 e. The Morgan fingerprint density at radius 2 is 1.25 bits per heavy atom. The molecule has 4 heterocycles. The van der Waals surface area contributed by atoms with Gasteiger partial charge in [0.15, 0.2) is 11.4 Å².